The third-order valence-corrected chi connectivity index (χ3v) is 5.12. The first-order chi connectivity index (χ1) is 11.3. The number of rotatable bonds is 7. The molecular weight excluding hydrogens is 308 g/mol. The zero-order valence-corrected chi connectivity index (χ0v) is 14.6. The van der Waals surface area contributed by atoms with Crippen molar-refractivity contribution >= 4 is 17.6 Å². The Bertz CT molecular complexity index is 631. The van der Waals surface area contributed by atoms with Crippen LogP contribution < -0.4 is 5.32 Å². The summed E-state index contributed by atoms with van der Waals surface area (Å²) in [4.78, 5) is 8.87. The maximum atomic E-state index is 5.91. The van der Waals surface area contributed by atoms with E-state index in [0.717, 1.165) is 42.7 Å². The van der Waals surface area contributed by atoms with Crippen LogP contribution in [0.25, 0.3) is 0 Å². The minimum atomic E-state index is 0.0707. The largest absolute Gasteiger partial charge is 0.370 e. The van der Waals surface area contributed by atoms with Gasteiger partial charge < -0.3 is 14.6 Å². The summed E-state index contributed by atoms with van der Waals surface area (Å²) in [5.41, 5.74) is 1.32. The zero-order valence-electron chi connectivity index (χ0n) is 13.7. The van der Waals surface area contributed by atoms with Crippen LogP contribution in [0.5, 0.6) is 0 Å². The van der Waals surface area contributed by atoms with Gasteiger partial charge in [-0.1, -0.05) is 6.92 Å². The van der Waals surface area contributed by atoms with Crippen molar-refractivity contribution in [1.29, 1.82) is 0 Å². The summed E-state index contributed by atoms with van der Waals surface area (Å²) >= 11 is 1.93. The van der Waals surface area contributed by atoms with Gasteiger partial charge in [0.25, 0.3) is 0 Å². The molecule has 2 aromatic heterocycles. The quantitative estimate of drug-likeness (QED) is 0.843. The van der Waals surface area contributed by atoms with Gasteiger partial charge in [-0.2, -0.15) is 11.8 Å². The molecule has 2 atom stereocenters. The predicted octanol–water partition coefficient (Wildman–Crippen LogP) is 3.26. The fourth-order valence-corrected chi connectivity index (χ4v) is 3.52. The lowest BCUT2D eigenvalue weighted by Gasteiger charge is -2.19. The molecule has 2 aromatic rings. The van der Waals surface area contributed by atoms with Gasteiger partial charge in [0, 0.05) is 50.5 Å². The molecule has 3 rings (SSSR count). The van der Waals surface area contributed by atoms with E-state index >= 15 is 0 Å². The van der Waals surface area contributed by atoms with Gasteiger partial charge >= 0.3 is 0 Å². The Morgan fingerprint density at radius 2 is 2.30 bits per heavy atom. The molecule has 1 fully saturated rings. The average molecular weight is 332 g/mol. The molecule has 6 heteroatoms. The molecule has 0 aliphatic carbocycles. The van der Waals surface area contributed by atoms with Crippen LogP contribution in [-0.2, 0) is 17.5 Å². The van der Waals surface area contributed by atoms with Crippen LogP contribution in [0.1, 0.15) is 30.8 Å². The van der Waals surface area contributed by atoms with E-state index in [0.29, 0.717) is 5.92 Å². The van der Waals surface area contributed by atoms with Crippen LogP contribution in [0.3, 0.4) is 0 Å². The number of thioether (sulfide) groups is 1. The van der Waals surface area contributed by atoms with Gasteiger partial charge in [0.15, 0.2) is 0 Å². The second-order valence-corrected chi connectivity index (χ2v) is 7.08. The average Bonchev–Trinajstić information content (AvgIpc) is 3.19. The third kappa shape index (κ3) is 4.06. The molecule has 3 heterocycles. The fraction of sp³-hybridized carbons (Fsp3) is 0.529. The van der Waals surface area contributed by atoms with Crippen molar-refractivity contribution < 1.29 is 4.74 Å². The molecule has 5 nitrogen and oxygen atoms in total. The molecule has 1 saturated heterocycles. The molecule has 124 valence electrons. The lowest BCUT2D eigenvalue weighted by Crippen LogP contribution is -2.20. The number of ether oxygens (including phenoxy) is 1. The first kappa shape index (κ1) is 16.3. The van der Waals surface area contributed by atoms with Crippen molar-refractivity contribution in [2.45, 2.75) is 25.2 Å². The van der Waals surface area contributed by atoms with E-state index in [2.05, 4.69) is 34.3 Å². The van der Waals surface area contributed by atoms with Gasteiger partial charge in [-0.15, -0.1) is 0 Å². The second-order valence-electron chi connectivity index (χ2n) is 5.80. The number of hydrogen-bond acceptors (Lipinski definition) is 5. The van der Waals surface area contributed by atoms with Crippen LogP contribution in [-0.4, -0.2) is 33.4 Å². The molecule has 0 amide bonds. The van der Waals surface area contributed by atoms with Crippen molar-refractivity contribution in [2.24, 2.45) is 13.0 Å². The molecule has 0 aromatic carbocycles. The van der Waals surface area contributed by atoms with E-state index in [1.165, 1.54) is 5.56 Å². The highest BCUT2D eigenvalue weighted by molar-refractivity contribution is 7.98. The Morgan fingerprint density at radius 3 is 3.09 bits per heavy atom. The normalized spacial score (nSPS) is 20.8. The lowest BCUT2D eigenvalue weighted by molar-refractivity contribution is 0.0839. The predicted molar refractivity (Wildman–Crippen MR) is 94.6 cm³/mol. The summed E-state index contributed by atoms with van der Waals surface area (Å²) in [6, 6.07) is 4.23. The van der Waals surface area contributed by atoms with Crippen LogP contribution >= 0.6 is 11.8 Å². The van der Waals surface area contributed by atoms with Gasteiger partial charge in [-0.05, 0) is 29.9 Å². The Morgan fingerprint density at radius 1 is 1.39 bits per heavy atom. The van der Waals surface area contributed by atoms with Gasteiger partial charge in [0.1, 0.15) is 17.7 Å². The van der Waals surface area contributed by atoms with Crippen LogP contribution in [0.2, 0.25) is 0 Å². The van der Waals surface area contributed by atoms with Crippen molar-refractivity contribution in [2.75, 3.05) is 24.2 Å². The van der Waals surface area contributed by atoms with E-state index in [4.69, 9.17) is 4.74 Å². The van der Waals surface area contributed by atoms with Gasteiger partial charge in [-0.3, -0.25) is 0 Å². The van der Waals surface area contributed by atoms with E-state index in [1.54, 1.807) is 0 Å². The molecule has 0 unspecified atom stereocenters. The molecule has 23 heavy (non-hydrogen) atoms. The number of imidazole rings is 1. The highest BCUT2D eigenvalue weighted by atomic mass is 32.2. The smallest absolute Gasteiger partial charge is 0.138 e. The number of pyridine rings is 1. The summed E-state index contributed by atoms with van der Waals surface area (Å²) in [6.45, 7) is 3.84. The van der Waals surface area contributed by atoms with Gasteiger partial charge in [0.2, 0.25) is 0 Å². The van der Waals surface area contributed by atoms with Crippen LogP contribution in [0.15, 0.2) is 30.7 Å². The fourth-order valence-electron chi connectivity index (χ4n) is 2.90. The maximum absolute atomic E-state index is 5.91. The number of nitrogens with one attached hydrogen (secondary N) is 1. The van der Waals surface area contributed by atoms with Gasteiger partial charge in [-0.25, -0.2) is 9.97 Å². The highest BCUT2D eigenvalue weighted by Crippen LogP contribution is 2.33. The van der Waals surface area contributed by atoms with E-state index in [9.17, 15) is 0 Å². The van der Waals surface area contributed by atoms with Gasteiger partial charge in [0.05, 0.1) is 0 Å². The number of aryl methyl sites for hydroxylation is 1. The number of aromatic nitrogens is 3. The van der Waals surface area contributed by atoms with Crippen molar-refractivity contribution in [1.82, 2.24) is 14.5 Å². The molecule has 1 aliphatic heterocycles. The molecule has 0 saturated carbocycles. The zero-order chi connectivity index (χ0) is 16.1. The second kappa shape index (κ2) is 7.84. The molecular formula is C17H24N4OS. The van der Waals surface area contributed by atoms with E-state index in [-0.39, 0.29) is 6.10 Å². The molecule has 1 N–H and O–H groups in total. The molecule has 0 radical (unpaired) electrons. The Balaban J connectivity index is 1.60. The SMILES string of the molecule is CCSCc1ccnc(NC[C@@H]2CCO[C@H]2c2nccn2C)c1. The topological polar surface area (TPSA) is 52.0 Å². The first-order valence-corrected chi connectivity index (χ1v) is 9.28. The van der Waals surface area contributed by atoms with Crippen molar-refractivity contribution in [3.63, 3.8) is 0 Å². The Kier molecular flexibility index (Phi) is 5.56. The molecule has 0 bridgehead atoms. The molecule has 0 spiro atoms. The summed E-state index contributed by atoms with van der Waals surface area (Å²) in [7, 11) is 2.02. The summed E-state index contributed by atoms with van der Waals surface area (Å²) in [5.74, 6) is 4.55. The summed E-state index contributed by atoms with van der Waals surface area (Å²) < 4.78 is 7.95. The monoisotopic (exact) mass is 332 g/mol. The maximum Gasteiger partial charge on any atom is 0.138 e. The third-order valence-electron chi connectivity index (χ3n) is 4.17. The number of hydrogen-bond donors (Lipinski definition) is 1. The van der Waals surface area contributed by atoms with Crippen LogP contribution in [0, 0.1) is 5.92 Å². The standard InChI is InChI=1S/C17H24N4OS/c1-3-23-12-13-4-6-18-15(10-13)20-11-14-5-9-22-16(14)17-19-7-8-21(17)2/h4,6-8,10,14,16H,3,5,9,11-12H2,1-2H3,(H,18,20)/t14-,16+/m0/s1. The number of anilines is 1. The summed E-state index contributed by atoms with van der Waals surface area (Å²) in [6.07, 6.45) is 6.81. The Labute approximate surface area is 141 Å². The highest BCUT2D eigenvalue weighted by Gasteiger charge is 2.32. The minimum absolute atomic E-state index is 0.0707. The first-order valence-electron chi connectivity index (χ1n) is 8.13. The van der Waals surface area contributed by atoms with Crippen LogP contribution in [0.4, 0.5) is 5.82 Å². The van der Waals surface area contributed by atoms with Crippen molar-refractivity contribution in [3.05, 3.63) is 42.1 Å². The minimum Gasteiger partial charge on any atom is -0.370 e. The Hall–Kier alpha value is -1.53. The van der Waals surface area contributed by atoms with E-state index in [1.807, 2.05) is 42.0 Å². The molecule has 1 aliphatic rings. The number of nitrogens with zero attached hydrogens (tertiary/aromatic N) is 3. The summed E-state index contributed by atoms with van der Waals surface area (Å²) in [5, 5.41) is 3.48. The van der Waals surface area contributed by atoms with E-state index < -0.39 is 0 Å². The van der Waals surface area contributed by atoms with Crippen molar-refractivity contribution in [3.8, 4) is 0 Å². The lowest BCUT2D eigenvalue weighted by atomic mass is 10.0.